The molecular weight excluding hydrogens is 242 g/mol. The second-order valence-corrected chi connectivity index (χ2v) is 3.21. The number of terminal acetylenes is 1. The zero-order valence-corrected chi connectivity index (χ0v) is 11.8. The van der Waals surface area contributed by atoms with E-state index in [-0.39, 0.29) is 12.4 Å². The van der Waals surface area contributed by atoms with Gasteiger partial charge in [0.05, 0.1) is 0 Å². The quantitative estimate of drug-likeness (QED) is 0.354. The van der Waals surface area contributed by atoms with Gasteiger partial charge in [-0.1, -0.05) is 24.9 Å². The van der Waals surface area contributed by atoms with E-state index < -0.39 is 0 Å². The molecule has 19 heavy (non-hydrogen) atoms. The van der Waals surface area contributed by atoms with Gasteiger partial charge < -0.3 is 9.57 Å². The summed E-state index contributed by atoms with van der Waals surface area (Å²) in [6, 6.07) is 6.68. The van der Waals surface area contributed by atoms with Crippen molar-refractivity contribution in [1.29, 1.82) is 0 Å². The summed E-state index contributed by atoms with van der Waals surface area (Å²) in [5, 5.41) is 3.58. The van der Waals surface area contributed by atoms with Crippen LogP contribution in [-0.4, -0.2) is 25.2 Å². The molecular formula is C15H19NO3. The highest BCUT2D eigenvalue weighted by Crippen LogP contribution is 2.12. The lowest BCUT2D eigenvalue weighted by Crippen LogP contribution is -2.10. The van der Waals surface area contributed by atoms with E-state index in [0.717, 1.165) is 0 Å². The Morgan fingerprint density at radius 3 is 2.37 bits per heavy atom. The molecule has 0 fully saturated rings. The number of ether oxygens (including phenoxy) is 1. The van der Waals surface area contributed by atoms with Gasteiger partial charge in [-0.2, -0.15) is 0 Å². The van der Waals surface area contributed by atoms with E-state index in [1.807, 2.05) is 13.8 Å². The molecule has 1 aromatic carbocycles. The molecule has 1 aromatic rings. The molecule has 0 atom stereocenters. The summed E-state index contributed by atoms with van der Waals surface area (Å²) < 4.78 is 5.20. The Morgan fingerprint density at radius 2 is 1.89 bits per heavy atom. The molecule has 0 radical (unpaired) electrons. The Kier molecular flexibility index (Phi) is 8.55. The highest BCUT2D eigenvalue weighted by molar-refractivity contribution is 6.45. The van der Waals surface area contributed by atoms with Gasteiger partial charge in [0.15, 0.2) is 0 Å². The molecule has 0 N–H and O–H groups in total. The molecule has 102 valence electrons. The second-order valence-electron chi connectivity index (χ2n) is 3.21. The van der Waals surface area contributed by atoms with Crippen LogP contribution in [0.2, 0.25) is 0 Å². The second kappa shape index (κ2) is 9.72. The molecule has 0 unspecified atom stereocenters. The molecule has 0 aliphatic rings. The average molecular weight is 261 g/mol. The lowest BCUT2D eigenvalue weighted by Gasteiger charge is -2.03. The zero-order valence-electron chi connectivity index (χ0n) is 11.8. The summed E-state index contributed by atoms with van der Waals surface area (Å²) in [6.45, 7) is 5.80. The van der Waals surface area contributed by atoms with Gasteiger partial charge in [0.1, 0.15) is 25.2 Å². The van der Waals surface area contributed by atoms with E-state index in [4.69, 9.17) is 11.2 Å². The van der Waals surface area contributed by atoms with Gasteiger partial charge in [0, 0.05) is 5.56 Å². The van der Waals surface area contributed by atoms with Crippen molar-refractivity contribution >= 4 is 11.5 Å². The molecule has 0 aliphatic carbocycles. The summed E-state index contributed by atoms with van der Waals surface area (Å²) in [6.07, 6.45) is 5.07. The summed E-state index contributed by atoms with van der Waals surface area (Å²) in [4.78, 5) is 16.3. The highest BCUT2D eigenvalue weighted by atomic mass is 16.6. The number of ketones is 1. The summed E-state index contributed by atoms with van der Waals surface area (Å²) in [7, 11) is 1.40. The van der Waals surface area contributed by atoms with E-state index in [1.165, 1.54) is 7.11 Å². The number of hydrogen-bond donors (Lipinski definition) is 0. The Morgan fingerprint density at radius 1 is 1.32 bits per heavy atom. The SMILES string of the molecule is C#CCOc1ccc(C(=O)/C(C)=N/OC)cc1.CC. The van der Waals surface area contributed by atoms with Crippen molar-refractivity contribution in [2.75, 3.05) is 13.7 Å². The molecule has 4 heteroatoms. The third-order valence-electron chi connectivity index (χ3n) is 2.00. The third kappa shape index (κ3) is 5.73. The Hall–Kier alpha value is -2.28. The Balaban J connectivity index is 0.00000154. The van der Waals surface area contributed by atoms with E-state index in [1.54, 1.807) is 31.2 Å². The fourth-order valence-electron chi connectivity index (χ4n) is 1.21. The molecule has 0 aromatic heterocycles. The monoisotopic (exact) mass is 261 g/mol. The maximum Gasteiger partial charge on any atom is 0.210 e. The van der Waals surface area contributed by atoms with Gasteiger partial charge in [-0.05, 0) is 31.2 Å². The standard InChI is InChI=1S/C13H13NO3.C2H6/c1-4-9-17-12-7-5-11(6-8-12)13(15)10(2)14-16-3;1-2/h1,5-8H,9H2,2-3H3;1-2H3/b14-10+;. The van der Waals surface area contributed by atoms with Crippen molar-refractivity contribution in [1.82, 2.24) is 0 Å². The minimum absolute atomic E-state index is 0.185. The van der Waals surface area contributed by atoms with Crippen molar-refractivity contribution in [3.05, 3.63) is 29.8 Å². The molecule has 4 nitrogen and oxygen atoms in total. The number of Topliss-reactive ketones (excluding diaryl/α,β-unsaturated/α-hetero) is 1. The number of carbonyl (C=O) groups excluding carboxylic acids is 1. The largest absolute Gasteiger partial charge is 0.481 e. The maximum atomic E-state index is 11.8. The van der Waals surface area contributed by atoms with Crippen LogP contribution in [-0.2, 0) is 4.84 Å². The van der Waals surface area contributed by atoms with Crippen molar-refractivity contribution in [2.24, 2.45) is 5.16 Å². The van der Waals surface area contributed by atoms with Crippen molar-refractivity contribution in [2.45, 2.75) is 20.8 Å². The van der Waals surface area contributed by atoms with Gasteiger partial charge >= 0.3 is 0 Å². The number of carbonyl (C=O) groups is 1. The zero-order chi connectivity index (χ0) is 14.7. The fourth-order valence-corrected chi connectivity index (χ4v) is 1.21. The predicted molar refractivity (Wildman–Crippen MR) is 76.6 cm³/mol. The van der Waals surface area contributed by atoms with Gasteiger partial charge in [0.2, 0.25) is 5.78 Å². The maximum absolute atomic E-state index is 11.8. The average Bonchev–Trinajstić information content (AvgIpc) is 2.47. The molecule has 0 heterocycles. The predicted octanol–water partition coefficient (Wildman–Crippen LogP) is 2.93. The van der Waals surface area contributed by atoms with Crippen LogP contribution in [0.1, 0.15) is 31.1 Å². The Bertz CT molecular complexity index is 455. The van der Waals surface area contributed by atoms with Gasteiger partial charge in [-0.25, -0.2) is 0 Å². The summed E-state index contributed by atoms with van der Waals surface area (Å²) in [5.41, 5.74) is 0.821. The van der Waals surface area contributed by atoms with E-state index in [9.17, 15) is 4.79 Å². The number of rotatable bonds is 5. The normalized spacial score (nSPS) is 9.74. The van der Waals surface area contributed by atoms with Crippen LogP contribution in [0, 0.1) is 12.3 Å². The first kappa shape index (κ1) is 16.7. The lowest BCUT2D eigenvalue weighted by molar-refractivity contribution is 0.105. The van der Waals surface area contributed by atoms with E-state index in [0.29, 0.717) is 17.0 Å². The highest BCUT2D eigenvalue weighted by Gasteiger charge is 2.09. The third-order valence-corrected chi connectivity index (χ3v) is 2.00. The molecule has 0 aliphatic heterocycles. The van der Waals surface area contributed by atoms with Gasteiger partial charge in [-0.3, -0.25) is 4.79 Å². The van der Waals surface area contributed by atoms with Crippen LogP contribution in [0.3, 0.4) is 0 Å². The van der Waals surface area contributed by atoms with Crippen molar-refractivity contribution in [3.8, 4) is 18.1 Å². The molecule has 0 saturated carbocycles. The molecule has 0 amide bonds. The first-order chi connectivity index (χ1) is 9.19. The van der Waals surface area contributed by atoms with Crippen LogP contribution in [0.15, 0.2) is 29.4 Å². The minimum Gasteiger partial charge on any atom is -0.481 e. The van der Waals surface area contributed by atoms with Crippen LogP contribution < -0.4 is 4.74 Å². The van der Waals surface area contributed by atoms with Crippen LogP contribution in [0.4, 0.5) is 0 Å². The number of benzene rings is 1. The number of hydrogen-bond acceptors (Lipinski definition) is 4. The number of oxime groups is 1. The fraction of sp³-hybridized carbons (Fsp3) is 0.333. The van der Waals surface area contributed by atoms with E-state index >= 15 is 0 Å². The Labute approximate surface area is 114 Å². The molecule has 0 spiro atoms. The van der Waals surface area contributed by atoms with Gasteiger partial charge in [-0.15, -0.1) is 6.42 Å². The van der Waals surface area contributed by atoms with Crippen LogP contribution >= 0.6 is 0 Å². The first-order valence-electron chi connectivity index (χ1n) is 5.97. The van der Waals surface area contributed by atoms with Crippen molar-refractivity contribution < 1.29 is 14.4 Å². The smallest absolute Gasteiger partial charge is 0.210 e. The molecule has 1 rings (SSSR count). The minimum atomic E-state index is -0.185. The van der Waals surface area contributed by atoms with Crippen LogP contribution in [0.5, 0.6) is 5.75 Å². The summed E-state index contributed by atoms with van der Waals surface area (Å²) >= 11 is 0. The van der Waals surface area contributed by atoms with Gasteiger partial charge in [0.25, 0.3) is 0 Å². The number of nitrogens with zero attached hydrogens (tertiary/aromatic N) is 1. The first-order valence-corrected chi connectivity index (χ1v) is 5.97. The molecule has 0 saturated heterocycles. The van der Waals surface area contributed by atoms with E-state index in [2.05, 4.69) is 15.9 Å². The molecule has 0 bridgehead atoms. The topological polar surface area (TPSA) is 47.9 Å². The van der Waals surface area contributed by atoms with Crippen molar-refractivity contribution in [3.63, 3.8) is 0 Å². The summed E-state index contributed by atoms with van der Waals surface area (Å²) in [5.74, 6) is 2.80. The van der Waals surface area contributed by atoms with Crippen LogP contribution in [0.25, 0.3) is 0 Å². The lowest BCUT2D eigenvalue weighted by atomic mass is 10.1.